The minimum absolute atomic E-state index is 0.0934. The van der Waals surface area contributed by atoms with Gasteiger partial charge in [-0.3, -0.25) is 4.79 Å². The SMILES string of the molecule is O=C(O)CC1NCC(O)C(O)C1O. The third-order valence-corrected chi connectivity index (χ3v) is 2.14. The summed E-state index contributed by atoms with van der Waals surface area (Å²) in [6.07, 6.45) is -3.82. The zero-order valence-corrected chi connectivity index (χ0v) is 6.92. The molecule has 0 aromatic rings. The van der Waals surface area contributed by atoms with Gasteiger partial charge in [0.1, 0.15) is 6.10 Å². The van der Waals surface area contributed by atoms with Crippen LogP contribution in [0.1, 0.15) is 6.42 Å². The Morgan fingerprint density at radius 1 is 1.31 bits per heavy atom. The first-order chi connectivity index (χ1) is 6.02. The molecule has 1 fully saturated rings. The number of carbonyl (C=O) groups is 1. The molecule has 1 aliphatic rings. The van der Waals surface area contributed by atoms with Crippen LogP contribution in [0, 0.1) is 0 Å². The van der Waals surface area contributed by atoms with Crippen LogP contribution in [0.2, 0.25) is 0 Å². The number of carboxylic acid groups (broad SMARTS) is 1. The van der Waals surface area contributed by atoms with Gasteiger partial charge in [-0.1, -0.05) is 0 Å². The fraction of sp³-hybridized carbons (Fsp3) is 0.857. The second-order valence-corrected chi connectivity index (χ2v) is 3.16. The van der Waals surface area contributed by atoms with Gasteiger partial charge in [0.2, 0.25) is 0 Å². The van der Waals surface area contributed by atoms with Gasteiger partial charge in [0.15, 0.2) is 0 Å². The smallest absolute Gasteiger partial charge is 0.305 e. The molecule has 5 N–H and O–H groups in total. The molecule has 1 saturated heterocycles. The topological polar surface area (TPSA) is 110 Å². The summed E-state index contributed by atoms with van der Waals surface area (Å²) in [5, 5.41) is 38.7. The standard InChI is InChI=1S/C7H13NO5/c9-4-2-8-3(1-5(10)11)6(12)7(4)13/h3-4,6-9,12-13H,1-2H2,(H,10,11). The van der Waals surface area contributed by atoms with Crippen molar-refractivity contribution in [2.24, 2.45) is 0 Å². The van der Waals surface area contributed by atoms with E-state index in [-0.39, 0.29) is 13.0 Å². The van der Waals surface area contributed by atoms with Crippen LogP contribution in [-0.2, 0) is 4.79 Å². The van der Waals surface area contributed by atoms with Crippen LogP contribution in [0.5, 0.6) is 0 Å². The summed E-state index contributed by atoms with van der Waals surface area (Å²) in [5.74, 6) is -1.06. The minimum atomic E-state index is -1.27. The van der Waals surface area contributed by atoms with Crippen molar-refractivity contribution < 1.29 is 25.2 Å². The first-order valence-corrected chi connectivity index (χ1v) is 4.01. The lowest BCUT2D eigenvalue weighted by Gasteiger charge is -2.35. The third-order valence-electron chi connectivity index (χ3n) is 2.14. The van der Waals surface area contributed by atoms with Gasteiger partial charge < -0.3 is 25.7 Å². The maximum atomic E-state index is 10.3. The van der Waals surface area contributed by atoms with E-state index in [1.165, 1.54) is 0 Å². The van der Waals surface area contributed by atoms with Crippen molar-refractivity contribution in [1.29, 1.82) is 0 Å². The lowest BCUT2D eigenvalue weighted by Crippen LogP contribution is -2.60. The van der Waals surface area contributed by atoms with Crippen LogP contribution < -0.4 is 5.32 Å². The molecular formula is C7H13NO5. The van der Waals surface area contributed by atoms with E-state index in [1.54, 1.807) is 0 Å². The highest BCUT2D eigenvalue weighted by Crippen LogP contribution is 2.12. The molecule has 0 aliphatic carbocycles. The number of hydrogen-bond donors (Lipinski definition) is 5. The van der Waals surface area contributed by atoms with E-state index in [9.17, 15) is 15.0 Å². The zero-order chi connectivity index (χ0) is 10.0. The van der Waals surface area contributed by atoms with Gasteiger partial charge in [-0.25, -0.2) is 0 Å². The van der Waals surface area contributed by atoms with Crippen molar-refractivity contribution in [3.05, 3.63) is 0 Å². The van der Waals surface area contributed by atoms with E-state index in [0.717, 1.165) is 0 Å². The summed E-state index contributed by atoms with van der Waals surface area (Å²) in [4.78, 5) is 10.3. The minimum Gasteiger partial charge on any atom is -0.481 e. The summed E-state index contributed by atoms with van der Waals surface area (Å²) < 4.78 is 0. The van der Waals surface area contributed by atoms with Crippen LogP contribution in [0.25, 0.3) is 0 Å². The summed E-state index contributed by atoms with van der Waals surface area (Å²) in [6, 6.07) is -0.698. The van der Waals surface area contributed by atoms with Crippen molar-refractivity contribution in [2.45, 2.75) is 30.8 Å². The fourth-order valence-corrected chi connectivity index (χ4v) is 1.36. The molecule has 0 amide bonds. The van der Waals surface area contributed by atoms with Crippen molar-refractivity contribution in [2.75, 3.05) is 6.54 Å². The number of aliphatic carboxylic acids is 1. The number of nitrogens with one attached hydrogen (secondary N) is 1. The van der Waals surface area contributed by atoms with E-state index < -0.39 is 30.3 Å². The second-order valence-electron chi connectivity index (χ2n) is 3.16. The fourth-order valence-electron chi connectivity index (χ4n) is 1.36. The molecule has 1 aliphatic heterocycles. The molecule has 1 rings (SSSR count). The van der Waals surface area contributed by atoms with Gasteiger partial charge in [-0.05, 0) is 0 Å². The molecule has 4 atom stereocenters. The van der Waals surface area contributed by atoms with Crippen LogP contribution in [-0.4, -0.2) is 57.3 Å². The Labute approximate surface area is 74.8 Å². The third kappa shape index (κ3) is 2.38. The largest absolute Gasteiger partial charge is 0.481 e. The normalized spacial score (nSPS) is 40.2. The number of β-amino-alcohol motifs (C(OH)–C–C–N with tert-alkyl or cyclic N) is 1. The number of hydrogen-bond acceptors (Lipinski definition) is 5. The summed E-state index contributed by atoms with van der Waals surface area (Å²) in [6.45, 7) is 0.0934. The molecular weight excluding hydrogens is 178 g/mol. The summed E-state index contributed by atoms with van der Waals surface area (Å²) in [5.41, 5.74) is 0. The molecule has 0 saturated carbocycles. The van der Waals surface area contributed by atoms with Gasteiger partial charge in [0, 0.05) is 12.6 Å². The van der Waals surface area contributed by atoms with Gasteiger partial charge in [-0.15, -0.1) is 0 Å². The van der Waals surface area contributed by atoms with Crippen molar-refractivity contribution >= 4 is 5.97 Å². The molecule has 0 bridgehead atoms. The molecule has 0 spiro atoms. The highest BCUT2D eigenvalue weighted by molar-refractivity contribution is 5.67. The molecule has 6 heteroatoms. The molecule has 6 nitrogen and oxygen atoms in total. The van der Waals surface area contributed by atoms with E-state index >= 15 is 0 Å². The number of aliphatic hydroxyl groups is 3. The van der Waals surface area contributed by atoms with Crippen LogP contribution in [0.4, 0.5) is 0 Å². The molecule has 4 unspecified atom stereocenters. The monoisotopic (exact) mass is 191 g/mol. The van der Waals surface area contributed by atoms with Gasteiger partial charge in [0.25, 0.3) is 0 Å². The second kappa shape index (κ2) is 4.01. The Balaban J connectivity index is 2.53. The Morgan fingerprint density at radius 3 is 2.46 bits per heavy atom. The number of piperidine rings is 1. The van der Waals surface area contributed by atoms with E-state index in [1.807, 2.05) is 0 Å². The predicted molar refractivity (Wildman–Crippen MR) is 42.1 cm³/mol. The van der Waals surface area contributed by atoms with Crippen LogP contribution in [0.15, 0.2) is 0 Å². The average molecular weight is 191 g/mol. The Kier molecular flexibility index (Phi) is 3.21. The van der Waals surface area contributed by atoms with Crippen molar-refractivity contribution in [3.63, 3.8) is 0 Å². The molecule has 0 radical (unpaired) electrons. The van der Waals surface area contributed by atoms with E-state index in [4.69, 9.17) is 10.2 Å². The Bertz CT molecular complexity index is 197. The van der Waals surface area contributed by atoms with Gasteiger partial charge in [-0.2, -0.15) is 0 Å². The highest BCUT2D eigenvalue weighted by atomic mass is 16.4. The molecule has 0 aromatic carbocycles. The lowest BCUT2D eigenvalue weighted by molar-refractivity contribution is -0.141. The zero-order valence-electron chi connectivity index (χ0n) is 6.92. The van der Waals surface area contributed by atoms with Gasteiger partial charge >= 0.3 is 5.97 Å². The van der Waals surface area contributed by atoms with Gasteiger partial charge in [0.05, 0.1) is 18.6 Å². The first kappa shape index (κ1) is 10.4. The van der Waals surface area contributed by atoms with Crippen molar-refractivity contribution in [3.8, 4) is 0 Å². The highest BCUT2D eigenvalue weighted by Gasteiger charge is 2.36. The molecule has 76 valence electrons. The summed E-state index contributed by atoms with van der Waals surface area (Å²) in [7, 11) is 0. The Hall–Kier alpha value is -0.690. The lowest BCUT2D eigenvalue weighted by atomic mass is 9.94. The molecule has 13 heavy (non-hydrogen) atoms. The summed E-state index contributed by atoms with van der Waals surface area (Å²) >= 11 is 0. The maximum absolute atomic E-state index is 10.3. The predicted octanol–water partition coefficient (Wildman–Crippen LogP) is -2.48. The quantitative estimate of drug-likeness (QED) is 0.330. The van der Waals surface area contributed by atoms with Crippen LogP contribution >= 0.6 is 0 Å². The van der Waals surface area contributed by atoms with Crippen LogP contribution in [0.3, 0.4) is 0 Å². The number of rotatable bonds is 2. The van der Waals surface area contributed by atoms with E-state index in [2.05, 4.69) is 5.32 Å². The number of carboxylic acids is 1. The molecule has 1 heterocycles. The number of aliphatic hydroxyl groups excluding tert-OH is 3. The average Bonchev–Trinajstić information content (AvgIpc) is 2.06. The van der Waals surface area contributed by atoms with E-state index in [0.29, 0.717) is 0 Å². The maximum Gasteiger partial charge on any atom is 0.305 e. The first-order valence-electron chi connectivity index (χ1n) is 4.01. The van der Waals surface area contributed by atoms with Crippen molar-refractivity contribution in [1.82, 2.24) is 5.32 Å². The Morgan fingerprint density at radius 2 is 1.92 bits per heavy atom. The molecule has 0 aromatic heterocycles.